The third-order valence-electron chi connectivity index (χ3n) is 3.66. The van der Waals surface area contributed by atoms with E-state index in [9.17, 15) is 4.79 Å². The number of aliphatic hydroxyl groups excluding tert-OH is 1. The maximum atomic E-state index is 12.5. The summed E-state index contributed by atoms with van der Waals surface area (Å²) in [6.07, 6.45) is 4.01. The SMILES string of the molecule is CC(C)[C@@H](Oc1cccc(Cl)c1)C(=O)N[C@@H]1C=C[C@H](CO)C1. The number of rotatable bonds is 6. The largest absolute Gasteiger partial charge is 0.480 e. The van der Waals surface area contributed by atoms with Crippen molar-refractivity contribution in [3.05, 3.63) is 41.4 Å². The van der Waals surface area contributed by atoms with Gasteiger partial charge in [-0.3, -0.25) is 4.79 Å². The van der Waals surface area contributed by atoms with Crippen molar-refractivity contribution in [2.45, 2.75) is 32.4 Å². The summed E-state index contributed by atoms with van der Waals surface area (Å²) in [6.45, 7) is 3.99. The van der Waals surface area contributed by atoms with Crippen LogP contribution in [0.15, 0.2) is 36.4 Å². The van der Waals surface area contributed by atoms with Crippen LogP contribution < -0.4 is 10.1 Å². The van der Waals surface area contributed by atoms with E-state index in [1.807, 2.05) is 26.0 Å². The van der Waals surface area contributed by atoms with Gasteiger partial charge in [0.2, 0.25) is 0 Å². The molecule has 0 bridgehead atoms. The summed E-state index contributed by atoms with van der Waals surface area (Å²) in [5.41, 5.74) is 0. The number of hydrogen-bond donors (Lipinski definition) is 2. The lowest BCUT2D eigenvalue weighted by molar-refractivity contribution is -0.130. The highest BCUT2D eigenvalue weighted by Gasteiger charge is 2.28. The highest BCUT2D eigenvalue weighted by molar-refractivity contribution is 6.30. The van der Waals surface area contributed by atoms with Gasteiger partial charge in [0.1, 0.15) is 5.75 Å². The number of amides is 1. The molecule has 0 saturated carbocycles. The lowest BCUT2D eigenvalue weighted by atomic mass is 10.1. The second-order valence-corrected chi connectivity index (χ2v) is 6.35. The summed E-state index contributed by atoms with van der Waals surface area (Å²) in [6, 6.07) is 6.98. The average Bonchev–Trinajstić information content (AvgIpc) is 2.92. The van der Waals surface area contributed by atoms with E-state index in [2.05, 4.69) is 5.32 Å². The van der Waals surface area contributed by atoms with E-state index in [-0.39, 0.29) is 30.4 Å². The van der Waals surface area contributed by atoms with E-state index in [4.69, 9.17) is 21.4 Å². The van der Waals surface area contributed by atoms with Crippen molar-refractivity contribution in [3.8, 4) is 5.75 Å². The smallest absolute Gasteiger partial charge is 0.261 e. The average molecular weight is 324 g/mol. The van der Waals surface area contributed by atoms with Gasteiger partial charge < -0.3 is 15.2 Å². The van der Waals surface area contributed by atoms with Crippen LogP contribution >= 0.6 is 11.6 Å². The molecule has 0 unspecified atom stereocenters. The van der Waals surface area contributed by atoms with Gasteiger partial charge in [-0.25, -0.2) is 0 Å². The van der Waals surface area contributed by atoms with Gasteiger partial charge in [-0.15, -0.1) is 0 Å². The van der Waals surface area contributed by atoms with Gasteiger partial charge in [-0.05, 0) is 30.5 Å². The van der Waals surface area contributed by atoms with E-state index >= 15 is 0 Å². The molecule has 1 aliphatic carbocycles. The van der Waals surface area contributed by atoms with Crippen molar-refractivity contribution in [1.29, 1.82) is 0 Å². The Morgan fingerprint density at radius 2 is 2.23 bits per heavy atom. The first-order valence-electron chi connectivity index (χ1n) is 7.51. The van der Waals surface area contributed by atoms with Crippen LogP contribution in [0.5, 0.6) is 5.75 Å². The highest BCUT2D eigenvalue weighted by Crippen LogP contribution is 2.22. The number of carbonyl (C=O) groups is 1. The van der Waals surface area contributed by atoms with Gasteiger partial charge in [0.05, 0.1) is 0 Å². The fourth-order valence-corrected chi connectivity index (χ4v) is 2.64. The highest BCUT2D eigenvalue weighted by atomic mass is 35.5. The molecule has 4 nitrogen and oxygen atoms in total. The molecule has 1 aromatic carbocycles. The third kappa shape index (κ3) is 4.49. The fraction of sp³-hybridized carbons (Fsp3) is 0.471. The zero-order valence-electron chi connectivity index (χ0n) is 12.8. The zero-order chi connectivity index (χ0) is 16.1. The van der Waals surface area contributed by atoms with Gasteiger partial charge >= 0.3 is 0 Å². The first-order valence-corrected chi connectivity index (χ1v) is 7.89. The van der Waals surface area contributed by atoms with Crippen molar-refractivity contribution >= 4 is 17.5 Å². The number of halogens is 1. The Balaban J connectivity index is 1.99. The maximum Gasteiger partial charge on any atom is 0.261 e. The second kappa shape index (κ2) is 7.65. The third-order valence-corrected chi connectivity index (χ3v) is 3.89. The molecule has 0 aromatic heterocycles. The summed E-state index contributed by atoms with van der Waals surface area (Å²) < 4.78 is 5.81. The summed E-state index contributed by atoms with van der Waals surface area (Å²) in [7, 11) is 0. The predicted molar refractivity (Wildman–Crippen MR) is 87.0 cm³/mol. The van der Waals surface area contributed by atoms with Gasteiger partial charge in [0.25, 0.3) is 5.91 Å². The van der Waals surface area contributed by atoms with Gasteiger partial charge in [0.15, 0.2) is 6.10 Å². The Morgan fingerprint density at radius 1 is 1.45 bits per heavy atom. The molecule has 1 amide bonds. The summed E-state index contributed by atoms with van der Waals surface area (Å²) in [5.74, 6) is 0.578. The molecule has 0 saturated heterocycles. The van der Waals surface area contributed by atoms with Crippen LogP contribution in [0.2, 0.25) is 5.02 Å². The number of carbonyl (C=O) groups excluding carboxylic acids is 1. The monoisotopic (exact) mass is 323 g/mol. The minimum Gasteiger partial charge on any atom is -0.480 e. The minimum absolute atomic E-state index is 0.0259. The van der Waals surface area contributed by atoms with Crippen LogP contribution in [-0.4, -0.2) is 29.8 Å². The number of ether oxygens (including phenoxy) is 1. The molecular formula is C17H22ClNO3. The minimum atomic E-state index is -0.583. The molecule has 0 spiro atoms. The van der Waals surface area contributed by atoms with Crippen molar-refractivity contribution in [1.82, 2.24) is 5.32 Å². The Morgan fingerprint density at radius 3 is 2.82 bits per heavy atom. The Bertz CT molecular complexity index is 544. The quantitative estimate of drug-likeness (QED) is 0.791. The fourth-order valence-electron chi connectivity index (χ4n) is 2.46. The van der Waals surface area contributed by atoms with Crippen LogP contribution in [0.4, 0.5) is 0 Å². The summed E-state index contributed by atoms with van der Waals surface area (Å²) >= 11 is 5.94. The lowest BCUT2D eigenvalue weighted by Gasteiger charge is -2.24. The predicted octanol–water partition coefficient (Wildman–Crippen LogP) is 2.80. The first kappa shape index (κ1) is 16.8. The molecule has 0 heterocycles. The lowest BCUT2D eigenvalue weighted by Crippen LogP contribution is -2.45. The van der Waals surface area contributed by atoms with Crippen molar-refractivity contribution < 1.29 is 14.6 Å². The van der Waals surface area contributed by atoms with Crippen molar-refractivity contribution in [2.24, 2.45) is 11.8 Å². The van der Waals surface area contributed by atoms with Gasteiger partial charge in [0, 0.05) is 23.6 Å². The molecular weight excluding hydrogens is 302 g/mol. The van der Waals surface area contributed by atoms with Crippen LogP contribution in [-0.2, 0) is 4.79 Å². The normalized spacial score (nSPS) is 21.9. The van der Waals surface area contributed by atoms with Crippen LogP contribution in [0.3, 0.4) is 0 Å². The molecule has 2 rings (SSSR count). The second-order valence-electron chi connectivity index (χ2n) is 5.92. The van der Waals surface area contributed by atoms with E-state index in [0.717, 1.165) is 6.42 Å². The Hall–Kier alpha value is -1.52. The van der Waals surface area contributed by atoms with E-state index in [1.54, 1.807) is 24.3 Å². The Labute approximate surface area is 136 Å². The van der Waals surface area contributed by atoms with Gasteiger partial charge in [-0.2, -0.15) is 0 Å². The van der Waals surface area contributed by atoms with E-state index in [1.165, 1.54) is 0 Å². The van der Waals surface area contributed by atoms with Crippen molar-refractivity contribution in [2.75, 3.05) is 6.61 Å². The number of benzene rings is 1. The molecule has 22 heavy (non-hydrogen) atoms. The standard InChI is InChI=1S/C17H22ClNO3/c1-11(2)16(22-15-5-3-4-13(18)9-15)17(21)19-14-7-6-12(8-14)10-20/h3-7,9,11-12,14,16,20H,8,10H2,1-2H3,(H,19,21)/t12-,14+,16+/m0/s1. The molecule has 0 radical (unpaired) electrons. The Kier molecular flexibility index (Phi) is 5.86. The molecule has 0 fully saturated rings. The van der Waals surface area contributed by atoms with E-state index in [0.29, 0.717) is 10.8 Å². The topological polar surface area (TPSA) is 58.6 Å². The van der Waals surface area contributed by atoms with Crippen molar-refractivity contribution in [3.63, 3.8) is 0 Å². The van der Waals surface area contributed by atoms with Crippen LogP contribution in [0, 0.1) is 11.8 Å². The molecule has 5 heteroatoms. The number of nitrogens with one attached hydrogen (secondary N) is 1. The molecule has 3 atom stereocenters. The number of aliphatic hydroxyl groups is 1. The van der Waals surface area contributed by atoms with Gasteiger partial charge in [-0.1, -0.05) is 43.7 Å². The summed E-state index contributed by atoms with van der Waals surface area (Å²) in [4.78, 5) is 12.5. The summed E-state index contributed by atoms with van der Waals surface area (Å²) in [5, 5.41) is 12.7. The maximum absolute atomic E-state index is 12.5. The zero-order valence-corrected chi connectivity index (χ0v) is 13.6. The van der Waals surface area contributed by atoms with Crippen LogP contribution in [0.1, 0.15) is 20.3 Å². The molecule has 1 aliphatic rings. The molecule has 0 aliphatic heterocycles. The molecule has 120 valence electrons. The number of hydrogen-bond acceptors (Lipinski definition) is 3. The molecule has 1 aromatic rings. The first-order chi connectivity index (χ1) is 10.5. The molecule has 2 N–H and O–H groups in total. The van der Waals surface area contributed by atoms with Crippen LogP contribution in [0.25, 0.3) is 0 Å². The van der Waals surface area contributed by atoms with E-state index < -0.39 is 6.10 Å².